The summed E-state index contributed by atoms with van der Waals surface area (Å²) in [6, 6.07) is 0. The smallest absolute Gasteiger partial charge is 0.291 e. The van der Waals surface area contributed by atoms with E-state index in [2.05, 4.69) is 10.1 Å². The van der Waals surface area contributed by atoms with Gasteiger partial charge >= 0.3 is 0 Å². The van der Waals surface area contributed by atoms with Crippen molar-refractivity contribution >= 4 is 12.4 Å². The van der Waals surface area contributed by atoms with Gasteiger partial charge in [-0.25, -0.2) is 0 Å². The molecule has 1 aromatic rings. The summed E-state index contributed by atoms with van der Waals surface area (Å²) in [5.41, 5.74) is 0. The quantitative estimate of drug-likeness (QED) is 0.817. The van der Waals surface area contributed by atoms with Gasteiger partial charge in [0.05, 0.1) is 0 Å². The van der Waals surface area contributed by atoms with E-state index < -0.39 is 5.82 Å². The van der Waals surface area contributed by atoms with Gasteiger partial charge in [-0.1, -0.05) is 0 Å². The van der Waals surface area contributed by atoms with Gasteiger partial charge in [-0.2, -0.15) is 4.39 Å². The van der Waals surface area contributed by atoms with Crippen molar-refractivity contribution in [2.24, 2.45) is 5.92 Å². The van der Waals surface area contributed by atoms with Crippen LogP contribution in [-0.2, 0) is 0 Å². The molecule has 6 heteroatoms. The number of aromatic nitrogens is 1. The van der Waals surface area contributed by atoms with Gasteiger partial charge in [0, 0.05) is 6.54 Å². The Bertz CT molecular complexity index is 391. The molecule has 0 amide bonds. The lowest BCUT2D eigenvalue weighted by atomic mass is 9.86. The van der Waals surface area contributed by atoms with Crippen LogP contribution in [0, 0.1) is 18.7 Å². The Balaban J connectivity index is 0.00000108. The molecule has 17 heavy (non-hydrogen) atoms. The molecule has 0 N–H and O–H groups in total. The second-order valence-electron chi connectivity index (χ2n) is 4.65. The maximum atomic E-state index is 13.5. The summed E-state index contributed by atoms with van der Waals surface area (Å²) in [7, 11) is 0. The maximum Gasteiger partial charge on any atom is 0.291 e. The molecular weight excluding hydrogens is 247 g/mol. The fourth-order valence-corrected chi connectivity index (χ4v) is 2.60. The lowest BCUT2D eigenvalue weighted by molar-refractivity contribution is -0.0129. The molecule has 4 nitrogen and oxygen atoms in total. The Morgan fingerprint density at radius 1 is 1.41 bits per heavy atom. The highest BCUT2D eigenvalue weighted by atomic mass is 35.5. The zero-order chi connectivity index (χ0) is 11.1. The fourth-order valence-electron chi connectivity index (χ4n) is 2.60. The highest BCUT2D eigenvalue weighted by Crippen LogP contribution is 2.31. The van der Waals surface area contributed by atoms with Gasteiger partial charge < -0.3 is 9.26 Å². The first kappa shape index (κ1) is 12.6. The molecule has 4 heterocycles. The van der Waals surface area contributed by atoms with E-state index in [0.717, 1.165) is 32.5 Å². The van der Waals surface area contributed by atoms with Crippen LogP contribution in [0.5, 0.6) is 5.88 Å². The fraction of sp³-hybridized carbons (Fsp3) is 0.727. The number of piperidine rings is 3. The number of hydrogen-bond acceptors (Lipinski definition) is 4. The van der Waals surface area contributed by atoms with Crippen molar-refractivity contribution in [1.82, 2.24) is 10.1 Å². The number of rotatable bonds is 2. The lowest BCUT2D eigenvalue weighted by Gasteiger charge is -2.43. The third kappa shape index (κ3) is 2.26. The van der Waals surface area contributed by atoms with Crippen molar-refractivity contribution in [1.29, 1.82) is 0 Å². The van der Waals surface area contributed by atoms with Gasteiger partial charge in [0.2, 0.25) is 5.82 Å². The van der Waals surface area contributed by atoms with Crippen molar-refractivity contribution in [3.8, 4) is 5.88 Å². The predicted molar refractivity (Wildman–Crippen MR) is 62.0 cm³/mol. The van der Waals surface area contributed by atoms with E-state index >= 15 is 0 Å². The van der Waals surface area contributed by atoms with Crippen molar-refractivity contribution in [3.05, 3.63) is 11.6 Å². The third-order valence-electron chi connectivity index (χ3n) is 3.62. The van der Waals surface area contributed by atoms with E-state index in [9.17, 15) is 4.39 Å². The summed E-state index contributed by atoms with van der Waals surface area (Å²) in [6.07, 6.45) is 2.35. The minimum Gasteiger partial charge on any atom is -0.468 e. The molecule has 0 saturated carbocycles. The molecule has 3 aliphatic rings. The molecule has 0 radical (unpaired) electrons. The minimum atomic E-state index is -0.462. The molecule has 0 spiro atoms. The van der Waals surface area contributed by atoms with Gasteiger partial charge in [-0.15, -0.1) is 12.4 Å². The molecular formula is C11H16ClFN2O2. The maximum absolute atomic E-state index is 13.5. The summed E-state index contributed by atoms with van der Waals surface area (Å²) in [4.78, 5) is 2.36. The van der Waals surface area contributed by atoms with Gasteiger partial charge in [-0.05, 0) is 43.9 Å². The van der Waals surface area contributed by atoms with Gasteiger partial charge in [0.15, 0.2) is 5.76 Å². The highest BCUT2D eigenvalue weighted by molar-refractivity contribution is 5.85. The first-order valence-electron chi connectivity index (χ1n) is 5.75. The summed E-state index contributed by atoms with van der Waals surface area (Å²) >= 11 is 0. The molecule has 1 unspecified atom stereocenters. The van der Waals surface area contributed by atoms with Crippen molar-refractivity contribution in [2.75, 3.05) is 19.6 Å². The molecule has 2 bridgehead atoms. The van der Waals surface area contributed by atoms with Crippen LogP contribution >= 0.6 is 12.4 Å². The van der Waals surface area contributed by atoms with Crippen LogP contribution in [0.2, 0.25) is 0 Å². The molecule has 0 aromatic carbocycles. The minimum absolute atomic E-state index is 0. The van der Waals surface area contributed by atoms with Crippen LogP contribution in [-0.4, -0.2) is 35.8 Å². The molecule has 96 valence electrons. The molecule has 1 aromatic heterocycles. The van der Waals surface area contributed by atoms with E-state index in [4.69, 9.17) is 9.26 Å². The normalized spacial score (nSPS) is 31.1. The Morgan fingerprint density at radius 2 is 2.12 bits per heavy atom. The standard InChI is InChI=1S/C11H15FN2O2.ClH/c1-7-10(12)11(13-16-7)15-9-6-14-4-2-8(9)3-5-14;/h8-9H,2-6H2,1H3;1H. The van der Waals surface area contributed by atoms with Crippen LogP contribution in [0.1, 0.15) is 18.6 Å². The van der Waals surface area contributed by atoms with Gasteiger partial charge in [0.25, 0.3) is 5.88 Å². The summed E-state index contributed by atoms with van der Waals surface area (Å²) in [5, 5.41) is 3.60. The topological polar surface area (TPSA) is 38.5 Å². The first-order valence-corrected chi connectivity index (χ1v) is 5.75. The number of fused-ring (bicyclic) bond motifs is 3. The predicted octanol–water partition coefficient (Wildman–Crippen LogP) is 2.02. The molecule has 4 rings (SSSR count). The Kier molecular flexibility index (Phi) is 3.58. The number of aryl methyl sites for hydroxylation is 1. The van der Waals surface area contributed by atoms with Crippen LogP contribution < -0.4 is 4.74 Å². The van der Waals surface area contributed by atoms with Gasteiger partial charge in [0.1, 0.15) is 6.10 Å². The highest BCUT2D eigenvalue weighted by Gasteiger charge is 2.36. The zero-order valence-electron chi connectivity index (χ0n) is 9.69. The number of ether oxygens (including phenoxy) is 1. The van der Waals surface area contributed by atoms with E-state index in [0.29, 0.717) is 5.92 Å². The second-order valence-corrected chi connectivity index (χ2v) is 4.65. The SMILES string of the molecule is Cc1onc(OC2CN3CCC2CC3)c1F.Cl. The first-order chi connectivity index (χ1) is 7.74. The monoisotopic (exact) mass is 262 g/mol. The number of nitrogens with zero attached hydrogens (tertiary/aromatic N) is 2. The Morgan fingerprint density at radius 3 is 2.59 bits per heavy atom. The Hall–Kier alpha value is -0.810. The average Bonchev–Trinajstić information content (AvgIpc) is 2.63. The van der Waals surface area contributed by atoms with Gasteiger partial charge in [-0.3, -0.25) is 4.90 Å². The van der Waals surface area contributed by atoms with Crippen LogP contribution in [0.25, 0.3) is 0 Å². The third-order valence-corrected chi connectivity index (χ3v) is 3.62. The van der Waals surface area contributed by atoms with E-state index in [1.54, 1.807) is 6.92 Å². The second kappa shape index (κ2) is 4.82. The molecule has 3 saturated heterocycles. The van der Waals surface area contributed by atoms with Crippen molar-refractivity contribution < 1.29 is 13.7 Å². The molecule has 1 atom stereocenters. The Labute approximate surface area is 105 Å². The number of halogens is 2. The van der Waals surface area contributed by atoms with Crippen molar-refractivity contribution in [2.45, 2.75) is 25.9 Å². The van der Waals surface area contributed by atoms with Crippen LogP contribution in [0.15, 0.2) is 4.52 Å². The van der Waals surface area contributed by atoms with Crippen LogP contribution in [0.4, 0.5) is 4.39 Å². The van der Waals surface area contributed by atoms with Crippen LogP contribution in [0.3, 0.4) is 0 Å². The zero-order valence-corrected chi connectivity index (χ0v) is 10.5. The molecule has 0 aliphatic carbocycles. The summed E-state index contributed by atoms with van der Waals surface area (Å²) in [6.45, 7) is 4.72. The largest absolute Gasteiger partial charge is 0.468 e. The van der Waals surface area contributed by atoms with Crippen molar-refractivity contribution in [3.63, 3.8) is 0 Å². The van der Waals surface area contributed by atoms with E-state index in [1.165, 1.54) is 0 Å². The number of hydrogen-bond donors (Lipinski definition) is 0. The van der Waals surface area contributed by atoms with E-state index in [-0.39, 0.29) is 30.2 Å². The van der Waals surface area contributed by atoms with E-state index in [1.807, 2.05) is 0 Å². The average molecular weight is 263 g/mol. The molecule has 3 fully saturated rings. The lowest BCUT2D eigenvalue weighted by Crippen LogP contribution is -2.52. The summed E-state index contributed by atoms with van der Waals surface area (Å²) < 4.78 is 23.8. The molecule has 3 aliphatic heterocycles. The summed E-state index contributed by atoms with van der Waals surface area (Å²) in [5.74, 6) is 0.297.